The Bertz CT molecular complexity index is 3200. The van der Waals surface area contributed by atoms with E-state index in [1.807, 2.05) is 41.5 Å². The first-order chi connectivity index (χ1) is 37.8. The van der Waals surface area contributed by atoms with E-state index in [0.29, 0.717) is 35.5 Å². The largest absolute Gasteiger partial charge is 0.388 e. The number of aromatic amines is 3. The third kappa shape index (κ3) is 9.82. The Morgan fingerprint density at radius 2 is 0.641 bits per heavy atom. The molecule has 3 atom stereocenters. The van der Waals surface area contributed by atoms with Gasteiger partial charge in [0.1, 0.15) is 34.8 Å². The molecule has 6 heterocycles. The van der Waals surface area contributed by atoms with Crippen LogP contribution in [0.2, 0.25) is 0 Å². The van der Waals surface area contributed by atoms with Crippen LogP contribution in [0.4, 0.5) is 0 Å². The standard InChI is InChI=1S/3C21H25N3O2/c3*1-11-18(12(2)26-24-11)15-9-16(20(25)13-5-3-4-6-13)19-17(10-15)22-21(23-19)14-7-8-14/h3*9-10,13-14,20,25H,3-8H2,1-2H3,(H,22,23)/t2*20-;/m10./s1. The Labute approximate surface area is 454 Å². The van der Waals surface area contributed by atoms with Crippen molar-refractivity contribution in [1.82, 2.24) is 45.4 Å². The third-order valence-electron chi connectivity index (χ3n) is 18.3. The van der Waals surface area contributed by atoms with Crippen molar-refractivity contribution >= 4 is 33.1 Å². The fraction of sp³-hybridized carbons (Fsp3) is 0.524. The summed E-state index contributed by atoms with van der Waals surface area (Å²) in [6.07, 6.45) is 19.7. The summed E-state index contributed by atoms with van der Waals surface area (Å²) in [5.74, 6) is 8.30. The molecule has 3 aromatic carbocycles. The highest BCUT2D eigenvalue weighted by molar-refractivity contribution is 5.89. The normalized spacial score (nSPS) is 19.5. The van der Waals surface area contributed by atoms with Gasteiger partial charge in [0.15, 0.2) is 0 Å². The van der Waals surface area contributed by atoms with Crippen LogP contribution < -0.4 is 0 Å². The first-order valence-corrected chi connectivity index (χ1v) is 29.3. The minimum Gasteiger partial charge on any atom is -0.388 e. The molecular weight excluding hydrogens is 979 g/mol. The fourth-order valence-corrected chi connectivity index (χ4v) is 13.5. The van der Waals surface area contributed by atoms with Crippen LogP contribution in [0.25, 0.3) is 66.5 Å². The molecule has 9 aromatic rings. The molecule has 15 rings (SSSR count). The van der Waals surface area contributed by atoms with Crippen LogP contribution >= 0.6 is 0 Å². The number of aliphatic hydroxyl groups is 3. The zero-order chi connectivity index (χ0) is 53.5. The van der Waals surface area contributed by atoms with Crippen LogP contribution in [-0.2, 0) is 0 Å². The first kappa shape index (κ1) is 51.0. The van der Waals surface area contributed by atoms with Crippen LogP contribution in [0.15, 0.2) is 50.0 Å². The van der Waals surface area contributed by atoms with Gasteiger partial charge in [-0.25, -0.2) is 15.0 Å². The van der Waals surface area contributed by atoms with Crippen molar-refractivity contribution in [2.75, 3.05) is 0 Å². The lowest BCUT2D eigenvalue weighted by molar-refractivity contribution is 0.113. The minimum absolute atomic E-state index is 0.333. The van der Waals surface area contributed by atoms with E-state index < -0.39 is 18.3 Å². The van der Waals surface area contributed by atoms with Gasteiger partial charge in [-0.2, -0.15) is 0 Å². The summed E-state index contributed by atoms with van der Waals surface area (Å²) >= 11 is 0. The van der Waals surface area contributed by atoms with Crippen LogP contribution in [0.1, 0.15) is 220 Å². The van der Waals surface area contributed by atoms with Crippen molar-refractivity contribution in [3.05, 3.63) is 105 Å². The summed E-state index contributed by atoms with van der Waals surface area (Å²) in [7, 11) is 0. The van der Waals surface area contributed by atoms with Gasteiger partial charge in [-0.1, -0.05) is 54.0 Å². The molecule has 6 fully saturated rings. The minimum atomic E-state index is -0.462. The lowest BCUT2D eigenvalue weighted by atomic mass is 9.91. The Kier molecular flexibility index (Phi) is 13.5. The van der Waals surface area contributed by atoms with E-state index in [0.717, 1.165) is 174 Å². The third-order valence-corrected chi connectivity index (χ3v) is 18.3. The Hall–Kier alpha value is -6.42. The fourth-order valence-electron chi connectivity index (χ4n) is 13.5. The van der Waals surface area contributed by atoms with E-state index in [9.17, 15) is 15.3 Å². The molecule has 0 radical (unpaired) electrons. The second kappa shape index (κ2) is 20.7. The number of benzene rings is 3. The smallest absolute Gasteiger partial charge is 0.141 e. The van der Waals surface area contributed by atoms with E-state index >= 15 is 0 Å². The molecule has 408 valence electrons. The lowest BCUT2D eigenvalue weighted by Crippen LogP contribution is -2.10. The predicted molar refractivity (Wildman–Crippen MR) is 300 cm³/mol. The number of rotatable bonds is 12. The lowest BCUT2D eigenvalue weighted by Gasteiger charge is -2.19. The molecular formula is C63H75N9O6. The van der Waals surface area contributed by atoms with Crippen molar-refractivity contribution in [2.45, 2.75) is 193 Å². The molecule has 6 N–H and O–H groups in total. The van der Waals surface area contributed by atoms with Crippen LogP contribution in [0.3, 0.4) is 0 Å². The van der Waals surface area contributed by atoms with Gasteiger partial charge in [-0.3, -0.25) is 0 Å². The molecule has 6 saturated carbocycles. The maximum Gasteiger partial charge on any atom is 0.141 e. The van der Waals surface area contributed by atoms with Crippen LogP contribution in [0, 0.1) is 59.3 Å². The average molecular weight is 1050 g/mol. The van der Waals surface area contributed by atoms with E-state index in [1.165, 1.54) is 77.0 Å². The zero-order valence-corrected chi connectivity index (χ0v) is 46.1. The van der Waals surface area contributed by atoms with Crippen molar-refractivity contribution in [1.29, 1.82) is 0 Å². The Morgan fingerprint density at radius 1 is 0.385 bits per heavy atom. The molecule has 15 heteroatoms. The van der Waals surface area contributed by atoms with Gasteiger partial charge in [0, 0.05) is 51.1 Å². The quantitative estimate of drug-likeness (QED) is 0.0672. The summed E-state index contributed by atoms with van der Waals surface area (Å²) in [5, 5.41) is 45.8. The highest BCUT2D eigenvalue weighted by atomic mass is 16.5. The summed E-state index contributed by atoms with van der Waals surface area (Å²) in [5.41, 5.74) is 17.5. The van der Waals surface area contributed by atoms with E-state index in [4.69, 9.17) is 28.5 Å². The summed E-state index contributed by atoms with van der Waals surface area (Å²) in [4.78, 5) is 25.2. The first-order valence-electron chi connectivity index (χ1n) is 29.3. The molecule has 0 bridgehead atoms. The number of fused-ring (bicyclic) bond motifs is 3. The van der Waals surface area contributed by atoms with E-state index in [2.05, 4.69) is 66.8 Å². The predicted octanol–water partition coefficient (Wildman–Crippen LogP) is 14.8. The average Bonchev–Trinajstić information content (AvgIpc) is 4.28. The molecule has 6 aromatic heterocycles. The molecule has 1 unspecified atom stereocenters. The molecule has 0 aliphatic heterocycles. The number of nitrogens with zero attached hydrogens (tertiary/aromatic N) is 6. The van der Waals surface area contributed by atoms with Gasteiger partial charge < -0.3 is 43.8 Å². The molecule has 78 heavy (non-hydrogen) atoms. The number of H-pyrrole nitrogens is 3. The topological polar surface area (TPSA) is 225 Å². The second-order valence-corrected chi connectivity index (χ2v) is 24.1. The highest BCUT2D eigenvalue weighted by Gasteiger charge is 2.35. The number of imidazole rings is 3. The summed E-state index contributed by atoms with van der Waals surface area (Å²) < 4.78 is 16.1. The van der Waals surface area contributed by atoms with Gasteiger partial charge in [0.2, 0.25) is 0 Å². The SMILES string of the molecule is Cc1noc(C)c1-c1cc(C(O)C2CCCC2)c2nc(C3CC3)[nH]c2c1.Cc1noc(C)c1-c1cc([C@@H](O)C2CCCC2)c2nc(C3CC3)[nH]c2c1.Cc1noc(C)c1-c1cc([C@H](O)C2CCCC2)c2nc(C3CC3)[nH]c2c1. The Morgan fingerprint density at radius 3 is 0.859 bits per heavy atom. The van der Waals surface area contributed by atoms with Crippen molar-refractivity contribution in [2.24, 2.45) is 17.8 Å². The van der Waals surface area contributed by atoms with Crippen molar-refractivity contribution in [3.63, 3.8) is 0 Å². The van der Waals surface area contributed by atoms with Crippen LogP contribution in [0.5, 0.6) is 0 Å². The van der Waals surface area contributed by atoms with Crippen molar-refractivity contribution < 1.29 is 28.9 Å². The van der Waals surface area contributed by atoms with E-state index in [-0.39, 0.29) is 0 Å². The van der Waals surface area contributed by atoms with Gasteiger partial charge in [0.25, 0.3) is 0 Å². The number of hydrogen-bond acceptors (Lipinski definition) is 12. The van der Waals surface area contributed by atoms with Gasteiger partial charge in [-0.05, 0) is 189 Å². The molecule has 15 nitrogen and oxygen atoms in total. The number of aromatic nitrogens is 9. The number of hydrogen-bond donors (Lipinski definition) is 6. The zero-order valence-electron chi connectivity index (χ0n) is 46.1. The Balaban J connectivity index is 0.000000111. The number of aliphatic hydroxyl groups excluding tert-OH is 3. The van der Waals surface area contributed by atoms with Crippen LogP contribution in [-0.4, -0.2) is 60.7 Å². The number of aryl methyl sites for hydroxylation is 6. The summed E-state index contributed by atoms with van der Waals surface area (Å²) in [6.45, 7) is 11.7. The molecule has 6 aliphatic carbocycles. The van der Waals surface area contributed by atoms with Gasteiger partial charge in [0.05, 0.1) is 68.5 Å². The summed E-state index contributed by atoms with van der Waals surface area (Å²) in [6, 6.07) is 12.7. The highest BCUT2D eigenvalue weighted by Crippen LogP contribution is 2.47. The molecule has 0 spiro atoms. The maximum absolute atomic E-state index is 11.1. The monoisotopic (exact) mass is 1050 g/mol. The van der Waals surface area contributed by atoms with Gasteiger partial charge >= 0.3 is 0 Å². The molecule has 0 amide bonds. The molecule has 6 aliphatic rings. The number of nitrogens with one attached hydrogen (secondary N) is 3. The van der Waals surface area contributed by atoms with E-state index in [1.54, 1.807) is 0 Å². The second-order valence-electron chi connectivity index (χ2n) is 24.1. The van der Waals surface area contributed by atoms with Gasteiger partial charge in [-0.15, -0.1) is 0 Å². The molecule has 0 saturated heterocycles. The van der Waals surface area contributed by atoms with Crippen molar-refractivity contribution in [3.8, 4) is 33.4 Å². The maximum atomic E-state index is 11.1.